The van der Waals surface area contributed by atoms with Crippen LogP contribution in [0.1, 0.15) is 11.4 Å². The molecular formula is C14H15BrClN3S. The van der Waals surface area contributed by atoms with Crippen molar-refractivity contribution in [3.63, 3.8) is 0 Å². The molecule has 0 N–H and O–H groups in total. The fraction of sp³-hybridized carbons (Fsp3) is 0.357. The molecule has 2 heterocycles. The normalized spacial score (nSPS) is 15.4. The molecule has 106 valence electrons. The van der Waals surface area contributed by atoms with Crippen molar-refractivity contribution in [2.45, 2.75) is 23.0 Å². The number of likely N-dealkylation sites (N-methyl/N-ethyl adjacent to an activating group) is 1. The van der Waals surface area contributed by atoms with Crippen molar-refractivity contribution >= 4 is 39.3 Å². The van der Waals surface area contributed by atoms with Crippen molar-refractivity contribution in [3.05, 3.63) is 39.1 Å². The first-order valence-corrected chi connectivity index (χ1v) is 8.40. The minimum Gasteiger partial charge on any atom is -0.326 e. The number of imidazole rings is 1. The molecule has 0 fully saturated rings. The molecule has 0 bridgehead atoms. The second-order valence-corrected chi connectivity index (χ2v) is 7.23. The highest BCUT2D eigenvalue weighted by Gasteiger charge is 2.21. The molecule has 1 aliphatic rings. The third-order valence-corrected chi connectivity index (χ3v) is 6.04. The van der Waals surface area contributed by atoms with Crippen LogP contribution in [0, 0.1) is 0 Å². The molecule has 1 aliphatic heterocycles. The molecule has 1 aromatic heterocycles. The SMILES string of the molecule is CN1CCc2c(nc(Sc3cccc(Br)c3Cl)n2C)C1. The molecule has 0 spiro atoms. The van der Waals surface area contributed by atoms with Crippen LogP contribution in [-0.2, 0) is 20.0 Å². The van der Waals surface area contributed by atoms with Gasteiger partial charge in [0, 0.05) is 41.6 Å². The summed E-state index contributed by atoms with van der Waals surface area (Å²) in [5.74, 6) is 0. The summed E-state index contributed by atoms with van der Waals surface area (Å²) < 4.78 is 3.12. The first kappa shape index (κ1) is 14.4. The molecule has 3 rings (SSSR count). The third kappa shape index (κ3) is 2.64. The van der Waals surface area contributed by atoms with Gasteiger partial charge in [-0.2, -0.15) is 0 Å². The maximum Gasteiger partial charge on any atom is 0.173 e. The molecule has 2 aromatic rings. The van der Waals surface area contributed by atoms with Gasteiger partial charge in [-0.05, 0) is 35.1 Å². The zero-order valence-corrected chi connectivity index (χ0v) is 14.5. The van der Waals surface area contributed by atoms with Gasteiger partial charge >= 0.3 is 0 Å². The second-order valence-electron chi connectivity index (χ2n) is 4.99. The molecule has 0 aliphatic carbocycles. The highest BCUT2D eigenvalue weighted by molar-refractivity contribution is 9.10. The number of rotatable bonds is 2. The molecule has 0 atom stereocenters. The maximum atomic E-state index is 6.33. The first-order valence-electron chi connectivity index (χ1n) is 6.41. The van der Waals surface area contributed by atoms with E-state index in [0.29, 0.717) is 0 Å². The molecule has 20 heavy (non-hydrogen) atoms. The van der Waals surface area contributed by atoms with E-state index in [-0.39, 0.29) is 0 Å². The summed E-state index contributed by atoms with van der Waals surface area (Å²) in [6.45, 7) is 2.02. The van der Waals surface area contributed by atoms with Gasteiger partial charge in [-0.3, -0.25) is 0 Å². The van der Waals surface area contributed by atoms with Crippen molar-refractivity contribution in [1.82, 2.24) is 14.5 Å². The number of fused-ring (bicyclic) bond motifs is 1. The molecule has 0 saturated carbocycles. The van der Waals surface area contributed by atoms with Crippen LogP contribution in [0.25, 0.3) is 0 Å². The summed E-state index contributed by atoms with van der Waals surface area (Å²) in [4.78, 5) is 8.11. The van der Waals surface area contributed by atoms with Crippen molar-refractivity contribution in [2.75, 3.05) is 13.6 Å². The third-order valence-electron chi connectivity index (χ3n) is 3.52. The number of benzene rings is 1. The standard InChI is InChI=1S/C14H15BrClN3S/c1-18-7-6-11-10(8-18)17-14(19(11)2)20-12-5-3-4-9(15)13(12)16/h3-5H,6-8H2,1-2H3. The number of hydrogen-bond donors (Lipinski definition) is 0. The Morgan fingerprint density at radius 1 is 1.35 bits per heavy atom. The van der Waals surface area contributed by atoms with E-state index < -0.39 is 0 Å². The van der Waals surface area contributed by atoms with E-state index in [9.17, 15) is 0 Å². The fourth-order valence-corrected chi connectivity index (χ4v) is 4.07. The Morgan fingerprint density at radius 3 is 2.95 bits per heavy atom. The van der Waals surface area contributed by atoms with E-state index in [1.165, 1.54) is 11.4 Å². The van der Waals surface area contributed by atoms with Gasteiger partial charge < -0.3 is 9.47 Å². The predicted octanol–water partition coefficient (Wildman–Crippen LogP) is 3.98. The van der Waals surface area contributed by atoms with Crippen molar-refractivity contribution < 1.29 is 0 Å². The lowest BCUT2D eigenvalue weighted by molar-refractivity contribution is 0.305. The van der Waals surface area contributed by atoms with Gasteiger partial charge in [-0.15, -0.1) is 0 Å². The number of hydrogen-bond acceptors (Lipinski definition) is 3. The Kier molecular flexibility index (Phi) is 4.13. The van der Waals surface area contributed by atoms with E-state index in [2.05, 4.69) is 39.5 Å². The monoisotopic (exact) mass is 371 g/mol. The van der Waals surface area contributed by atoms with Crippen LogP contribution in [0.4, 0.5) is 0 Å². The van der Waals surface area contributed by atoms with E-state index >= 15 is 0 Å². The Labute approximate surface area is 136 Å². The fourth-order valence-electron chi connectivity index (χ4n) is 2.39. The number of aromatic nitrogens is 2. The van der Waals surface area contributed by atoms with Crippen molar-refractivity contribution in [1.29, 1.82) is 0 Å². The van der Waals surface area contributed by atoms with Gasteiger partial charge in [-0.25, -0.2) is 4.98 Å². The van der Waals surface area contributed by atoms with Gasteiger partial charge in [0.1, 0.15) is 0 Å². The summed E-state index contributed by atoms with van der Waals surface area (Å²) in [6, 6.07) is 5.97. The van der Waals surface area contributed by atoms with Crippen LogP contribution in [0.3, 0.4) is 0 Å². The Bertz CT molecular complexity index is 656. The van der Waals surface area contributed by atoms with Crippen LogP contribution in [-0.4, -0.2) is 28.0 Å². The molecule has 6 heteroatoms. The average Bonchev–Trinajstić information content (AvgIpc) is 2.71. The van der Waals surface area contributed by atoms with E-state index in [1.54, 1.807) is 11.8 Å². The summed E-state index contributed by atoms with van der Waals surface area (Å²) in [7, 11) is 4.22. The van der Waals surface area contributed by atoms with E-state index in [1.807, 2.05) is 18.2 Å². The van der Waals surface area contributed by atoms with Crippen LogP contribution < -0.4 is 0 Å². The lowest BCUT2D eigenvalue weighted by Gasteiger charge is -2.21. The van der Waals surface area contributed by atoms with Gasteiger partial charge in [0.25, 0.3) is 0 Å². The summed E-state index contributed by atoms with van der Waals surface area (Å²) in [5, 5.41) is 1.75. The Morgan fingerprint density at radius 2 is 2.15 bits per heavy atom. The highest BCUT2D eigenvalue weighted by Crippen LogP contribution is 2.37. The van der Waals surface area contributed by atoms with Crippen LogP contribution >= 0.6 is 39.3 Å². The zero-order valence-electron chi connectivity index (χ0n) is 11.4. The first-order chi connectivity index (χ1) is 9.56. The summed E-state index contributed by atoms with van der Waals surface area (Å²) >= 11 is 11.4. The highest BCUT2D eigenvalue weighted by atomic mass is 79.9. The number of halogens is 2. The Hall–Kier alpha value is -0.490. The van der Waals surface area contributed by atoms with Gasteiger partial charge in [0.15, 0.2) is 5.16 Å². The lowest BCUT2D eigenvalue weighted by atomic mass is 10.1. The molecule has 3 nitrogen and oxygen atoms in total. The van der Waals surface area contributed by atoms with Gasteiger partial charge in [0.2, 0.25) is 0 Å². The van der Waals surface area contributed by atoms with Gasteiger partial charge in [-0.1, -0.05) is 29.4 Å². The van der Waals surface area contributed by atoms with Crippen LogP contribution in [0.15, 0.2) is 32.7 Å². The smallest absolute Gasteiger partial charge is 0.173 e. The van der Waals surface area contributed by atoms with Crippen molar-refractivity contribution in [2.24, 2.45) is 7.05 Å². The second kappa shape index (κ2) is 5.72. The molecular weight excluding hydrogens is 358 g/mol. The van der Waals surface area contributed by atoms with Crippen LogP contribution in [0.2, 0.25) is 5.02 Å². The minimum atomic E-state index is 0.746. The molecule has 1 aromatic carbocycles. The van der Waals surface area contributed by atoms with Gasteiger partial charge in [0.05, 0.1) is 10.7 Å². The summed E-state index contributed by atoms with van der Waals surface area (Å²) in [5.41, 5.74) is 2.53. The predicted molar refractivity (Wildman–Crippen MR) is 86.5 cm³/mol. The molecule has 0 unspecified atom stereocenters. The van der Waals surface area contributed by atoms with Crippen molar-refractivity contribution in [3.8, 4) is 0 Å². The Balaban J connectivity index is 1.94. The molecule has 0 amide bonds. The lowest BCUT2D eigenvalue weighted by Crippen LogP contribution is -2.27. The van der Waals surface area contributed by atoms with E-state index in [0.717, 1.165) is 39.1 Å². The molecule has 0 radical (unpaired) electrons. The maximum absolute atomic E-state index is 6.33. The average molecular weight is 373 g/mol. The largest absolute Gasteiger partial charge is 0.326 e. The zero-order chi connectivity index (χ0) is 14.3. The molecule has 0 saturated heterocycles. The quantitative estimate of drug-likeness (QED) is 0.796. The van der Waals surface area contributed by atoms with E-state index in [4.69, 9.17) is 16.6 Å². The minimum absolute atomic E-state index is 0.746. The van der Waals surface area contributed by atoms with Crippen LogP contribution in [0.5, 0.6) is 0 Å². The number of nitrogens with zero attached hydrogens (tertiary/aromatic N) is 3. The topological polar surface area (TPSA) is 21.1 Å². The summed E-state index contributed by atoms with van der Waals surface area (Å²) in [6.07, 6.45) is 1.06.